The molecular weight excluding hydrogens is 444 g/mol. The number of carbonyl (C=O) groups is 3. The largest absolute Gasteiger partial charge is 0.508 e. The van der Waals surface area contributed by atoms with Gasteiger partial charge in [0.05, 0.1) is 0 Å². The number of phenols is 6. The fourth-order valence-corrected chi connectivity index (χ4v) is 2.09. The van der Waals surface area contributed by atoms with Crippen LogP contribution in [0.25, 0.3) is 0 Å². The van der Waals surface area contributed by atoms with E-state index in [0.717, 1.165) is 36.4 Å². The summed E-state index contributed by atoms with van der Waals surface area (Å²) in [5, 5.41) is 78.4. The Balaban J connectivity index is 0.000000247. The summed E-state index contributed by atoms with van der Waals surface area (Å²) in [6.07, 6.45) is 0. The van der Waals surface area contributed by atoms with Crippen LogP contribution in [0.3, 0.4) is 0 Å². The van der Waals surface area contributed by atoms with Gasteiger partial charge in [0.2, 0.25) is 0 Å². The molecule has 0 aliphatic rings. The highest BCUT2D eigenvalue weighted by molar-refractivity contribution is 5.92. The molecule has 0 saturated carbocycles. The average Bonchev–Trinajstić information content (AvgIpc) is 2.73. The number of hydrogen-bond acceptors (Lipinski definition) is 9. The summed E-state index contributed by atoms with van der Waals surface area (Å²) < 4.78 is 0. The van der Waals surface area contributed by atoms with Gasteiger partial charge in [-0.2, -0.15) is 0 Å². The number of aromatic carboxylic acids is 3. The monoisotopic (exact) mass is 462 g/mol. The lowest BCUT2D eigenvalue weighted by Gasteiger charge is -1.98. The lowest BCUT2D eigenvalue weighted by molar-refractivity contribution is 0.0682. The van der Waals surface area contributed by atoms with Gasteiger partial charge in [-0.25, -0.2) is 14.4 Å². The van der Waals surface area contributed by atoms with Gasteiger partial charge >= 0.3 is 17.9 Å². The summed E-state index contributed by atoms with van der Waals surface area (Å²) in [5.41, 5.74) is -0.903. The molecule has 0 unspecified atom stereocenters. The lowest BCUT2D eigenvalue weighted by Crippen LogP contribution is -1.95. The third-order valence-corrected chi connectivity index (χ3v) is 3.63. The minimum atomic E-state index is -1.27. The quantitative estimate of drug-likeness (QED) is 0.255. The van der Waals surface area contributed by atoms with Crippen LogP contribution in [0.5, 0.6) is 34.5 Å². The molecule has 0 aliphatic heterocycles. The number of benzene rings is 3. The van der Waals surface area contributed by atoms with E-state index >= 15 is 0 Å². The second kappa shape index (κ2) is 11.3. The van der Waals surface area contributed by atoms with Crippen LogP contribution in [-0.2, 0) is 0 Å². The Morgan fingerprint density at radius 3 is 0.788 bits per heavy atom. The molecule has 0 spiro atoms. The molecule has 0 radical (unpaired) electrons. The minimum Gasteiger partial charge on any atom is -0.508 e. The Morgan fingerprint density at radius 1 is 0.424 bits per heavy atom. The Kier molecular flexibility index (Phi) is 8.88. The molecule has 0 aliphatic carbocycles. The van der Waals surface area contributed by atoms with Crippen molar-refractivity contribution in [1.29, 1.82) is 0 Å². The van der Waals surface area contributed by atoms with Gasteiger partial charge in [-0.15, -0.1) is 0 Å². The average molecular weight is 462 g/mol. The van der Waals surface area contributed by atoms with Crippen molar-refractivity contribution in [3.63, 3.8) is 0 Å². The summed E-state index contributed by atoms with van der Waals surface area (Å²) >= 11 is 0. The zero-order chi connectivity index (χ0) is 25.3. The molecule has 12 heteroatoms. The van der Waals surface area contributed by atoms with E-state index in [4.69, 9.17) is 46.0 Å². The van der Waals surface area contributed by atoms with Crippen LogP contribution >= 0.6 is 0 Å². The van der Waals surface area contributed by atoms with E-state index in [1.54, 1.807) is 0 Å². The Hall–Kier alpha value is -5.13. The number of phenolic OH excluding ortho intramolecular Hbond substituents is 3. The predicted molar refractivity (Wildman–Crippen MR) is 110 cm³/mol. The van der Waals surface area contributed by atoms with Gasteiger partial charge in [0.15, 0.2) is 0 Å². The van der Waals surface area contributed by atoms with Crippen LogP contribution in [-0.4, -0.2) is 63.9 Å². The smallest absolute Gasteiger partial charge is 0.339 e. The molecule has 0 heterocycles. The van der Waals surface area contributed by atoms with Crippen LogP contribution in [0.4, 0.5) is 0 Å². The Labute approximate surface area is 184 Å². The normalized spacial score (nSPS) is 9.45. The van der Waals surface area contributed by atoms with Crippen LogP contribution in [0.2, 0.25) is 0 Å². The molecule has 0 amide bonds. The van der Waals surface area contributed by atoms with E-state index in [9.17, 15) is 14.4 Å². The molecule has 33 heavy (non-hydrogen) atoms. The fourth-order valence-electron chi connectivity index (χ4n) is 2.09. The highest BCUT2D eigenvalue weighted by Gasteiger charge is 2.10. The molecule has 3 rings (SSSR count). The van der Waals surface area contributed by atoms with E-state index in [1.165, 1.54) is 18.2 Å². The molecule has 9 N–H and O–H groups in total. The molecule has 3 aromatic carbocycles. The highest BCUT2D eigenvalue weighted by atomic mass is 16.4. The summed E-state index contributed by atoms with van der Waals surface area (Å²) in [5.74, 6) is -5.39. The van der Waals surface area contributed by atoms with E-state index in [-0.39, 0.29) is 51.2 Å². The molecule has 0 atom stereocenters. The SMILES string of the molecule is O=C(O)c1cc(O)ccc1O.O=C(O)c1cc(O)ccc1O.O=C(O)c1cc(O)ccc1O. The lowest BCUT2D eigenvalue weighted by atomic mass is 10.2. The van der Waals surface area contributed by atoms with Gasteiger partial charge in [-0.3, -0.25) is 0 Å². The van der Waals surface area contributed by atoms with Crippen LogP contribution in [0.15, 0.2) is 54.6 Å². The maximum absolute atomic E-state index is 10.3. The molecule has 174 valence electrons. The first-order valence-corrected chi connectivity index (χ1v) is 8.59. The van der Waals surface area contributed by atoms with Crippen molar-refractivity contribution < 1.29 is 60.3 Å². The fraction of sp³-hybridized carbons (Fsp3) is 0. The van der Waals surface area contributed by atoms with Crippen LogP contribution < -0.4 is 0 Å². The predicted octanol–water partition coefficient (Wildman–Crippen LogP) is 2.39. The van der Waals surface area contributed by atoms with Crippen molar-refractivity contribution in [3.05, 3.63) is 71.3 Å². The number of aromatic hydroxyl groups is 6. The van der Waals surface area contributed by atoms with Crippen molar-refractivity contribution in [2.24, 2.45) is 0 Å². The summed E-state index contributed by atoms with van der Waals surface area (Å²) in [7, 11) is 0. The molecule has 3 aromatic rings. The van der Waals surface area contributed by atoms with Crippen LogP contribution in [0.1, 0.15) is 31.1 Å². The van der Waals surface area contributed by atoms with Gasteiger partial charge in [-0.05, 0) is 54.6 Å². The zero-order valence-corrected chi connectivity index (χ0v) is 16.4. The van der Waals surface area contributed by atoms with Gasteiger partial charge in [0.1, 0.15) is 51.2 Å². The highest BCUT2D eigenvalue weighted by Crippen LogP contribution is 2.23. The Bertz CT molecular complexity index is 1020. The first-order valence-electron chi connectivity index (χ1n) is 8.59. The molecule has 0 saturated heterocycles. The Morgan fingerprint density at radius 2 is 0.636 bits per heavy atom. The second-order valence-electron chi connectivity index (χ2n) is 6.02. The van der Waals surface area contributed by atoms with E-state index in [2.05, 4.69) is 0 Å². The third-order valence-electron chi connectivity index (χ3n) is 3.63. The molecule has 0 aromatic heterocycles. The van der Waals surface area contributed by atoms with Crippen molar-refractivity contribution in [1.82, 2.24) is 0 Å². The number of hydrogen-bond donors (Lipinski definition) is 9. The van der Waals surface area contributed by atoms with Gasteiger partial charge in [-0.1, -0.05) is 0 Å². The third kappa shape index (κ3) is 7.90. The molecule has 0 fully saturated rings. The first-order chi connectivity index (χ1) is 15.3. The summed E-state index contributed by atoms with van der Waals surface area (Å²) in [4.78, 5) is 30.9. The van der Waals surface area contributed by atoms with Crippen molar-refractivity contribution in [2.45, 2.75) is 0 Å². The second-order valence-corrected chi connectivity index (χ2v) is 6.02. The summed E-state index contributed by atoms with van der Waals surface area (Å²) in [6.45, 7) is 0. The minimum absolute atomic E-state index is 0.180. The standard InChI is InChI=1S/3C7H6O4/c3*8-4-1-2-6(9)5(3-4)7(10)11/h3*1-3,8-9H,(H,10,11). The van der Waals surface area contributed by atoms with Crippen LogP contribution in [0, 0.1) is 0 Å². The zero-order valence-electron chi connectivity index (χ0n) is 16.4. The number of rotatable bonds is 3. The van der Waals surface area contributed by atoms with E-state index in [0.29, 0.717) is 0 Å². The van der Waals surface area contributed by atoms with Gasteiger partial charge < -0.3 is 46.0 Å². The van der Waals surface area contributed by atoms with Crippen molar-refractivity contribution in [2.75, 3.05) is 0 Å². The van der Waals surface area contributed by atoms with Gasteiger partial charge in [0.25, 0.3) is 0 Å². The topological polar surface area (TPSA) is 233 Å². The maximum Gasteiger partial charge on any atom is 0.339 e. The number of carboxylic acid groups (broad SMARTS) is 3. The summed E-state index contributed by atoms with van der Waals surface area (Å²) in [6, 6.07) is 9.95. The van der Waals surface area contributed by atoms with Crippen molar-refractivity contribution in [3.8, 4) is 34.5 Å². The van der Waals surface area contributed by atoms with Gasteiger partial charge in [0, 0.05) is 0 Å². The molecule has 0 bridgehead atoms. The molecular formula is C21H18O12. The first kappa shape index (κ1) is 25.9. The van der Waals surface area contributed by atoms with E-state index < -0.39 is 17.9 Å². The maximum atomic E-state index is 10.3. The van der Waals surface area contributed by atoms with Crippen molar-refractivity contribution >= 4 is 17.9 Å². The molecule has 12 nitrogen and oxygen atoms in total. The van der Waals surface area contributed by atoms with E-state index in [1.807, 2.05) is 0 Å². The number of carboxylic acids is 3.